The predicted octanol–water partition coefficient (Wildman–Crippen LogP) is 4.20. The van der Waals surface area contributed by atoms with Gasteiger partial charge >= 0.3 is 0 Å². The minimum Gasteiger partial charge on any atom is -0.352 e. The molecule has 1 fully saturated rings. The van der Waals surface area contributed by atoms with Crippen molar-refractivity contribution in [1.29, 1.82) is 0 Å². The molecule has 1 aliphatic rings. The molecule has 6 heteroatoms. The first kappa shape index (κ1) is 24.2. The molecule has 162 valence electrons. The summed E-state index contributed by atoms with van der Waals surface area (Å²) in [5.41, 5.74) is 4.91. The van der Waals surface area contributed by atoms with Gasteiger partial charge in [0.15, 0.2) is 5.96 Å². The van der Waals surface area contributed by atoms with Crippen molar-refractivity contribution in [1.82, 2.24) is 15.5 Å². The lowest BCUT2D eigenvalue weighted by atomic mass is 10.0. The molecule has 1 aliphatic heterocycles. The quantitative estimate of drug-likeness (QED) is 0.353. The van der Waals surface area contributed by atoms with E-state index in [9.17, 15) is 4.79 Å². The summed E-state index contributed by atoms with van der Waals surface area (Å²) in [5, 5.41) is 6.86. The number of nitrogens with zero attached hydrogens (tertiary/aromatic N) is 2. The molecule has 1 amide bonds. The van der Waals surface area contributed by atoms with Gasteiger partial charge in [-0.2, -0.15) is 0 Å². The number of guanidine groups is 1. The van der Waals surface area contributed by atoms with E-state index in [1.807, 2.05) is 18.7 Å². The highest BCUT2D eigenvalue weighted by atomic mass is 127. The van der Waals surface area contributed by atoms with Gasteiger partial charge in [-0.1, -0.05) is 61.9 Å². The molecule has 1 unspecified atom stereocenters. The molecule has 1 atom stereocenters. The number of carbonyl (C=O) groups excluding carboxylic acids is 1. The summed E-state index contributed by atoms with van der Waals surface area (Å²) in [7, 11) is 1.78. The zero-order chi connectivity index (χ0) is 20.8. The van der Waals surface area contributed by atoms with Crippen LogP contribution in [0.4, 0.5) is 0 Å². The van der Waals surface area contributed by atoms with Gasteiger partial charge in [0.2, 0.25) is 5.91 Å². The third-order valence-corrected chi connectivity index (χ3v) is 5.30. The molecule has 0 bridgehead atoms. The number of benzene rings is 2. The fraction of sp³-hybridized carbons (Fsp3) is 0.417. The minimum atomic E-state index is 0. The Morgan fingerprint density at radius 2 is 1.87 bits per heavy atom. The number of aryl methyl sites for hydroxylation is 1. The number of nitrogens with one attached hydrogen (secondary N) is 2. The van der Waals surface area contributed by atoms with Crippen LogP contribution in [0.5, 0.6) is 0 Å². The van der Waals surface area contributed by atoms with Crippen LogP contribution in [0, 0.1) is 12.8 Å². The monoisotopic (exact) mass is 520 g/mol. The van der Waals surface area contributed by atoms with E-state index < -0.39 is 0 Å². The van der Waals surface area contributed by atoms with Gasteiger partial charge < -0.3 is 15.5 Å². The van der Waals surface area contributed by atoms with Crippen LogP contribution in [-0.4, -0.2) is 42.9 Å². The zero-order valence-electron chi connectivity index (χ0n) is 18.3. The highest BCUT2D eigenvalue weighted by molar-refractivity contribution is 14.0. The molecule has 2 aromatic rings. The second kappa shape index (κ2) is 11.3. The molecule has 0 radical (unpaired) electrons. The largest absolute Gasteiger partial charge is 0.352 e. The number of halogens is 1. The van der Waals surface area contributed by atoms with Gasteiger partial charge in [0.1, 0.15) is 0 Å². The number of carbonyl (C=O) groups is 1. The molecule has 2 aromatic carbocycles. The van der Waals surface area contributed by atoms with E-state index >= 15 is 0 Å². The van der Waals surface area contributed by atoms with Crippen molar-refractivity contribution in [3.63, 3.8) is 0 Å². The molecule has 0 aliphatic carbocycles. The summed E-state index contributed by atoms with van der Waals surface area (Å²) in [4.78, 5) is 18.5. The number of likely N-dealkylation sites (tertiary alicyclic amines) is 1. The molecule has 1 saturated heterocycles. The fourth-order valence-corrected chi connectivity index (χ4v) is 3.70. The Labute approximate surface area is 197 Å². The average molecular weight is 520 g/mol. The standard InChI is InChI=1S/C24H32N4O.HI/c1-17(2)23(29)28-12-11-22(16-28)27-24(25-4)26-15-19-8-6-10-21(14-19)20-9-5-7-18(3)13-20;/h5-10,13-14,17,22H,11-12,15-16H2,1-4H3,(H2,25,26,27);1H. The van der Waals surface area contributed by atoms with Crippen molar-refractivity contribution in [3.8, 4) is 11.1 Å². The Hall–Kier alpha value is -2.09. The van der Waals surface area contributed by atoms with E-state index in [1.165, 1.54) is 22.3 Å². The first-order valence-corrected chi connectivity index (χ1v) is 10.4. The summed E-state index contributed by atoms with van der Waals surface area (Å²) in [6.45, 7) is 8.26. The van der Waals surface area contributed by atoms with E-state index in [2.05, 4.69) is 71.1 Å². The second-order valence-electron chi connectivity index (χ2n) is 8.06. The van der Waals surface area contributed by atoms with Crippen molar-refractivity contribution < 1.29 is 4.79 Å². The summed E-state index contributed by atoms with van der Waals surface area (Å²) < 4.78 is 0. The molecule has 0 aromatic heterocycles. The van der Waals surface area contributed by atoms with Crippen molar-refractivity contribution in [2.45, 2.75) is 39.8 Å². The average Bonchev–Trinajstić information content (AvgIpc) is 3.19. The van der Waals surface area contributed by atoms with Gasteiger partial charge in [0, 0.05) is 38.6 Å². The van der Waals surface area contributed by atoms with Gasteiger partial charge in [0.25, 0.3) is 0 Å². The van der Waals surface area contributed by atoms with E-state index in [1.54, 1.807) is 7.05 Å². The maximum atomic E-state index is 12.2. The van der Waals surface area contributed by atoms with E-state index in [-0.39, 0.29) is 41.8 Å². The zero-order valence-corrected chi connectivity index (χ0v) is 20.6. The Kier molecular flexibility index (Phi) is 9.14. The van der Waals surface area contributed by atoms with Gasteiger partial charge in [-0.25, -0.2) is 0 Å². The van der Waals surface area contributed by atoms with Crippen LogP contribution in [0.15, 0.2) is 53.5 Å². The van der Waals surface area contributed by atoms with Crippen LogP contribution in [0.3, 0.4) is 0 Å². The number of hydrogen-bond donors (Lipinski definition) is 2. The van der Waals surface area contributed by atoms with Crippen LogP contribution in [-0.2, 0) is 11.3 Å². The lowest BCUT2D eigenvalue weighted by Crippen LogP contribution is -2.45. The molecular formula is C24H33IN4O. The third kappa shape index (κ3) is 6.45. The highest BCUT2D eigenvalue weighted by Gasteiger charge is 2.27. The highest BCUT2D eigenvalue weighted by Crippen LogP contribution is 2.21. The maximum Gasteiger partial charge on any atom is 0.225 e. The number of rotatable bonds is 5. The normalized spacial score (nSPS) is 16.4. The van der Waals surface area contributed by atoms with Crippen LogP contribution in [0.2, 0.25) is 0 Å². The van der Waals surface area contributed by atoms with Crippen LogP contribution in [0.1, 0.15) is 31.4 Å². The summed E-state index contributed by atoms with van der Waals surface area (Å²) in [6, 6.07) is 17.4. The minimum absolute atomic E-state index is 0. The number of amides is 1. The first-order chi connectivity index (χ1) is 14.0. The van der Waals surface area contributed by atoms with Crippen LogP contribution < -0.4 is 10.6 Å². The van der Waals surface area contributed by atoms with Gasteiger partial charge in [-0.3, -0.25) is 9.79 Å². The van der Waals surface area contributed by atoms with Crippen molar-refractivity contribution in [2.24, 2.45) is 10.9 Å². The Morgan fingerprint density at radius 1 is 1.17 bits per heavy atom. The Morgan fingerprint density at radius 3 is 2.53 bits per heavy atom. The topological polar surface area (TPSA) is 56.7 Å². The second-order valence-corrected chi connectivity index (χ2v) is 8.06. The smallest absolute Gasteiger partial charge is 0.225 e. The summed E-state index contributed by atoms with van der Waals surface area (Å²) in [5.74, 6) is 1.05. The molecule has 5 nitrogen and oxygen atoms in total. The fourth-order valence-electron chi connectivity index (χ4n) is 3.70. The van der Waals surface area contributed by atoms with E-state index in [4.69, 9.17) is 0 Å². The molecule has 3 rings (SSSR count). The molecule has 2 N–H and O–H groups in total. The van der Waals surface area contributed by atoms with Crippen molar-refractivity contribution in [2.75, 3.05) is 20.1 Å². The maximum absolute atomic E-state index is 12.2. The van der Waals surface area contributed by atoms with Crippen LogP contribution >= 0.6 is 24.0 Å². The molecule has 0 spiro atoms. The lowest BCUT2D eigenvalue weighted by molar-refractivity contribution is -0.133. The summed E-state index contributed by atoms with van der Waals surface area (Å²) >= 11 is 0. The Balaban J connectivity index is 0.00000320. The molecule has 1 heterocycles. The number of aliphatic imine (C=N–C) groups is 1. The van der Waals surface area contributed by atoms with E-state index in [0.717, 1.165) is 25.5 Å². The lowest BCUT2D eigenvalue weighted by Gasteiger charge is -2.20. The van der Waals surface area contributed by atoms with Crippen molar-refractivity contribution >= 4 is 35.8 Å². The molecular weight excluding hydrogens is 487 g/mol. The van der Waals surface area contributed by atoms with Crippen molar-refractivity contribution in [3.05, 3.63) is 59.7 Å². The SMILES string of the molecule is CN=C(NCc1cccc(-c2cccc(C)c2)c1)NC1CCN(C(=O)C(C)C)C1.I. The third-order valence-electron chi connectivity index (χ3n) is 5.30. The predicted molar refractivity (Wildman–Crippen MR) is 135 cm³/mol. The van der Waals surface area contributed by atoms with Gasteiger partial charge in [-0.05, 0) is 36.1 Å². The van der Waals surface area contributed by atoms with Gasteiger partial charge in [0.05, 0.1) is 0 Å². The van der Waals surface area contributed by atoms with Crippen LogP contribution in [0.25, 0.3) is 11.1 Å². The number of hydrogen-bond acceptors (Lipinski definition) is 2. The molecule has 30 heavy (non-hydrogen) atoms. The van der Waals surface area contributed by atoms with E-state index in [0.29, 0.717) is 6.54 Å². The molecule has 0 saturated carbocycles. The van der Waals surface area contributed by atoms with Gasteiger partial charge in [-0.15, -0.1) is 24.0 Å². The first-order valence-electron chi connectivity index (χ1n) is 10.4. The Bertz CT molecular complexity index is 881. The summed E-state index contributed by atoms with van der Waals surface area (Å²) in [6.07, 6.45) is 0.946.